The Morgan fingerprint density at radius 1 is 1.19 bits per heavy atom. The molecule has 1 aliphatic heterocycles. The Bertz CT molecular complexity index is 1010. The first-order chi connectivity index (χ1) is 14.7. The molecular formula is C23H28N4O4. The van der Waals surface area contributed by atoms with E-state index in [4.69, 9.17) is 4.74 Å². The summed E-state index contributed by atoms with van der Waals surface area (Å²) in [6.45, 7) is 4.64. The molecule has 1 fully saturated rings. The molecule has 0 aliphatic carbocycles. The van der Waals surface area contributed by atoms with Crippen LogP contribution in [0.2, 0.25) is 0 Å². The predicted molar refractivity (Wildman–Crippen MR) is 117 cm³/mol. The van der Waals surface area contributed by atoms with E-state index in [1.54, 1.807) is 45.2 Å². The van der Waals surface area contributed by atoms with E-state index in [0.717, 1.165) is 12.1 Å². The minimum absolute atomic E-state index is 0.0515. The zero-order chi connectivity index (χ0) is 22.7. The summed E-state index contributed by atoms with van der Waals surface area (Å²) >= 11 is 0. The maximum absolute atomic E-state index is 13.0. The second kappa shape index (κ2) is 9.26. The Morgan fingerprint density at radius 3 is 2.45 bits per heavy atom. The Labute approximate surface area is 182 Å². The lowest BCUT2D eigenvalue weighted by Gasteiger charge is -2.26. The number of Topliss-reactive ketones (excluding diaryl/α,β-unsaturated/α-hetero) is 1. The summed E-state index contributed by atoms with van der Waals surface area (Å²) in [5, 5.41) is 11.1. The van der Waals surface area contributed by atoms with E-state index in [0.29, 0.717) is 35.8 Å². The van der Waals surface area contributed by atoms with E-state index in [2.05, 4.69) is 9.97 Å². The molecule has 0 saturated carbocycles. The predicted octanol–water partition coefficient (Wildman–Crippen LogP) is 2.48. The van der Waals surface area contributed by atoms with Crippen LogP contribution < -0.4 is 4.74 Å². The smallest absolute Gasteiger partial charge is 0.295 e. The molecule has 1 amide bonds. The van der Waals surface area contributed by atoms with E-state index in [9.17, 15) is 14.7 Å². The van der Waals surface area contributed by atoms with Gasteiger partial charge in [0.15, 0.2) is 0 Å². The lowest BCUT2D eigenvalue weighted by molar-refractivity contribution is -0.139. The van der Waals surface area contributed by atoms with E-state index < -0.39 is 17.7 Å². The minimum atomic E-state index is -0.705. The number of aliphatic hydroxyl groups excluding tert-OH is 1. The summed E-state index contributed by atoms with van der Waals surface area (Å²) in [6.07, 6.45) is 2.18. The minimum Gasteiger partial charge on any atom is -0.507 e. The van der Waals surface area contributed by atoms with Gasteiger partial charge in [-0.1, -0.05) is 12.1 Å². The molecule has 0 bridgehead atoms. The first-order valence-electron chi connectivity index (χ1n) is 10.1. The molecule has 1 saturated heterocycles. The number of aryl methyl sites for hydroxylation is 2. The van der Waals surface area contributed by atoms with Crippen molar-refractivity contribution in [3.63, 3.8) is 0 Å². The molecule has 0 radical (unpaired) electrons. The number of amides is 1. The molecule has 8 nitrogen and oxygen atoms in total. The van der Waals surface area contributed by atoms with Gasteiger partial charge in [-0.2, -0.15) is 0 Å². The fourth-order valence-electron chi connectivity index (χ4n) is 3.76. The molecule has 2 heterocycles. The monoisotopic (exact) mass is 424 g/mol. The highest BCUT2D eigenvalue weighted by molar-refractivity contribution is 6.46. The van der Waals surface area contributed by atoms with Crippen molar-refractivity contribution in [3.05, 3.63) is 58.7 Å². The number of ether oxygens (including phenoxy) is 1. The summed E-state index contributed by atoms with van der Waals surface area (Å²) < 4.78 is 5.23. The van der Waals surface area contributed by atoms with E-state index in [1.807, 2.05) is 19.0 Å². The molecule has 3 rings (SSSR count). The topological polar surface area (TPSA) is 95.9 Å². The summed E-state index contributed by atoms with van der Waals surface area (Å²) in [6, 6.07) is 6.46. The van der Waals surface area contributed by atoms with Gasteiger partial charge in [-0.05, 0) is 58.6 Å². The largest absolute Gasteiger partial charge is 0.507 e. The quantitative estimate of drug-likeness (QED) is 0.414. The Balaban J connectivity index is 2.11. The molecular weight excluding hydrogens is 396 g/mol. The Morgan fingerprint density at radius 2 is 1.87 bits per heavy atom. The number of nitrogens with zero attached hydrogens (tertiary/aromatic N) is 4. The van der Waals surface area contributed by atoms with Gasteiger partial charge in [0.05, 0.1) is 30.0 Å². The van der Waals surface area contributed by atoms with Crippen LogP contribution in [0.4, 0.5) is 0 Å². The average Bonchev–Trinajstić information content (AvgIpc) is 2.98. The molecule has 31 heavy (non-hydrogen) atoms. The number of hydrogen-bond donors (Lipinski definition) is 1. The zero-order valence-corrected chi connectivity index (χ0v) is 18.5. The molecule has 1 atom stereocenters. The van der Waals surface area contributed by atoms with Crippen LogP contribution in [0, 0.1) is 13.8 Å². The molecule has 0 spiro atoms. The third-order valence-corrected chi connectivity index (χ3v) is 5.33. The Hall–Kier alpha value is -3.26. The van der Waals surface area contributed by atoms with Crippen LogP contribution in [-0.2, 0) is 9.59 Å². The molecule has 1 aliphatic rings. The second-order valence-corrected chi connectivity index (χ2v) is 7.84. The number of aliphatic hydroxyl groups is 1. The van der Waals surface area contributed by atoms with Crippen molar-refractivity contribution in [1.29, 1.82) is 0 Å². The van der Waals surface area contributed by atoms with Crippen molar-refractivity contribution >= 4 is 17.4 Å². The maximum atomic E-state index is 13.0. The molecule has 1 N–H and O–H groups in total. The van der Waals surface area contributed by atoms with E-state index >= 15 is 0 Å². The average molecular weight is 425 g/mol. The second-order valence-electron chi connectivity index (χ2n) is 7.84. The first kappa shape index (κ1) is 22.4. The lowest BCUT2D eigenvalue weighted by atomic mass is 9.95. The molecule has 1 unspecified atom stereocenters. The summed E-state index contributed by atoms with van der Waals surface area (Å²) in [7, 11) is 5.48. The fourth-order valence-corrected chi connectivity index (χ4v) is 3.76. The third-order valence-electron chi connectivity index (χ3n) is 5.33. The number of methoxy groups -OCH3 is 1. The van der Waals surface area contributed by atoms with Crippen LogP contribution in [0.3, 0.4) is 0 Å². The standard InChI is InChI=1S/C23H28N4O4/c1-14-18(13-24-15(2)25-14)21(28)19-20(16-7-9-17(31-5)10-8-16)27(23(30)22(19)29)12-6-11-26(3)4/h7-10,13,20,28H,6,11-12H2,1-5H3/b21-19+. The fraction of sp³-hybridized carbons (Fsp3) is 0.391. The normalized spacial score (nSPS) is 18.1. The van der Waals surface area contributed by atoms with Crippen LogP contribution in [0.5, 0.6) is 5.75 Å². The number of likely N-dealkylation sites (tertiary alicyclic amines) is 1. The number of benzene rings is 1. The van der Waals surface area contributed by atoms with Crippen molar-refractivity contribution in [2.24, 2.45) is 0 Å². The molecule has 8 heteroatoms. The van der Waals surface area contributed by atoms with Crippen LogP contribution in [0.15, 0.2) is 36.0 Å². The van der Waals surface area contributed by atoms with Crippen LogP contribution in [0.25, 0.3) is 5.76 Å². The van der Waals surface area contributed by atoms with Crippen LogP contribution in [0.1, 0.15) is 35.1 Å². The van der Waals surface area contributed by atoms with Gasteiger partial charge in [0.1, 0.15) is 17.3 Å². The highest BCUT2D eigenvalue weighted by Gasteiger charge is 2.46. The Kier molecular flexibility index (Phi) is 6.70. The number of rotatable bonds is 7. The van der Waals surface area contributed by atoms with Gasteiger partial charge in [0, 0.05) is 12.7 Å². The van der Waals surface area contributed by atoms with Gasteiger partial charge in [-0.25, -0.2) is 9.97 Å². The van der Waals surface area contributed by atoms with Gasteiger partial charge in [0.25, 0.3) is 11.7 Å². The van der Waals surface area contributed by atoms with Crippen molar-refractivity contribution in [1.82, 2.24) is 19.8 Å². The van der Waals surface area contributed by atoms with Crippen molar-refractivity contribution in [3.8, 4) is 5.75 Å². The molecule has 1 aromatic heterocycles. The van der Waals surface area contributed by atoms with Gasteiger partial charge >= 0.3 is 0 Å². The summed E-state index contributed by atoms with van der Waals surface area (Å²) in [4.78, 5) is 37.9. The van der Waals surface area contributed by atoms with Gasteiger partial charge < -0.3 is 19.6 Å². The number of hydrogen-bond acceptors (Lipinski definition) is 7. The van der Waals surface area contributed by atoms with Gasteiger partial charge in [-0.3, -0.25) is 9.59 Å². The number of carbonyl (C=O) groups excluding carboxylic acids is 2. The lowest BCUT2D eigenvalue weighted by Crippen LogP contribution is -2.32. The SMILES string of the molecule is COc1ccc(C2/C(=C(\O)c3cnc(C)nc3C)C(=O)C(=O)N2CCCN(C)C)cc1. The van der Waals surface area contributed by atoms with E-state index in [1.165, 1.54) is 11.1 Å². The number of ketones is 1. The maximum Gasteiger partial charge on any atom is 0.295 e. The first-order valence-corrected chi connectivity index (χ1v) is 10.1. The van der Waals surface area contributed by atoms with Crippen molar-refractivity contribution < 1.29 is 19.4 Å². The number of carbonyl (C=O) groups is 2. The third kappa shape index (κ3) is 4.59. The summed E-state index contributed by atoms with van der Waals surface area (Å²) in [5.74, 6) is -0.359. The highest BCUT2D eigenvalue weighted by Crippen LogP contribution is 2.40. The zero-order valence-electron chi connectivity index (χ0n) is 18.5. The molecule has 164 valence electrons. The molecule has 1 aromatic carbocycles. The van der Waals surface area contributed by atoms with Crippen LogP contribution in [-0.4, -0.2) is 70.9 Å². The summed E-state index contributed by atoms with van der Waals surface area (Å²) in [5.41, 5.74) is 1.65. The number of aromatic nitrogens is 2. The van der Waals surface area contributed by atoms with Crippen molar-refractivity contribution in [2.75, 3.05) is 34.3 Å². The highest BCUT2D eigenvalue weighted by atomic mass is 16.5. The van der Waals surface area contributed by atoms with Gasteiger partial charge in [-0.15, -0.1) is 0 Å². The molecule has 2 aromatic rings. The van der Waals surface area contributed by atoms with E-state index in [-0.39, 0.29) is 11.3 Å². The van der Waals surface area contributed by atoms with Crippen molar-refractivity contribution in [2.45, 2.75) is 26.3 Å². The van der Waals surface area contributed by atoms with Crippen LogP contribution >= 0.6 is 0 Å². The van der Waals surface area contributed by atoms with Gasteiger partial charge in [0.2, 0.25) is 0 Å².